The van der Waals surface area contributed by atoms with Crippen molar-refractivity contribution in [3.8, 4) is 0 Å². The van der Waals surface area contributed by atoms with Crippen molar-refractivity contribution in [2.75, 3.05) is 0 Å². The second kappa shape index (κ2) is 7.14. The standard InChI is InChI=1S/C18H14ClNS2/c1-13-4-2-3-5-17(13)20-12-16-10-11-18(22-16)21-15-8-6-14(19)7-9-15/h2-12H,1H3. The summed E-state index contributed by atoms with van der Waals surface area (Å²) in [6, 6.07) is 20.3. The van der Waals surface area contributed by atoms with Gasteiger partial charge in [0, 0.05) is 21.0 Å². The highest BCUT2D eigenvalue weighted by Crippen LogP contribution is 2.33. The third-order valence-corrected chi connectivity index (χ3v) is 5.49. The number of aryl methyl sites for hydroxylation is 1. The van der Waals surface area contributed by atoms with Gasteiger partial charge in [0.1, 0.15) is 0 Å². The van der Waals surface area contributed by atoms with E-state index in [4.69, 9.17) is 11.6 Å². The molecule has 3 rings (SSSR count). The molecule has 0 amide bonds. The molecule has 0 atom stereocenters. The molecule has 1 aromatic heterocycles. The Kier molecular flexibility index (Phi) is 4.98. The molecule has 0 aliphatic heterocycles. The molecule has 110 valence electrons. The zero-order valence-electron chi connectivity index (χ0n) is 12.0. The van der Waals surface area contributed by atoms with Crippen molar-refractivity contribution in [3.63, 3.8) is 0 Å². The minimum absolute atomic E-state index is 0.765. The number of hydrogen-bond donors (Lipinski definition) is 0. The van der Waals surface area contributed by atoms with Crippen molar-refractivity contribution in [1.29, 1.82) is 0 Å². The molecule has 3 aromatic rings. The Labute approximate surface area is 143 Å². The molecule has 4 heteroatoms. The molecular formula is C18H14ClNS2. The highest BCUT2D eigenvalue weighted by molar-refractivity contribution is 8.01. The van der Waals surface area contributed by atoms with Gasteiger partial charge in [-0.15, -0.1) is 11.3 Å². The number of nitrogens with zero attached hydrogens (tertiary/aromatic N) is 1. The Morgan fingerprint density at radius 3 is 2.55 bits per heavy atom. The smallest absolute Gasteiger partial charge is 0.0659 e. The third kappa shape index (κ3) is 4.01. The molecule has 2 aromatic carbocycles. The summed E-state index contributed by atoms with van der Waals surface area (Å²) in [5, 5.41) is 0.765. The van der Waals surface area contributed by atoms with E-state index in [2.05, 4.69) is 30.1 Å². The van der Waals surface area contributed by atoms with E-state index in [1.54, 1.807) is 23.1 Å². The fourth-order valence-corrected chi connectivity index (χ4v) is 4.04. The molecule has 1 heterocycles. The van der Waals surface area contributed by atoms with Crippen molar-refractivity contribution < 1.29 is 0 Å². The van der Waals surface area contributed by atoms with Gasteiger partial charge in [-0.25, -0.2) is 0 Å². The van der Waals surface area contributed by atoms with Crippen molar-refractivity contribution in [2.24, 2.45) is 4.99 Å². The Balaban J connectivity index is 1.71. The first-order chi connectivity index (χ1) is 10.7. The topological polar surface area (TPSA) is 12.4 Å². The molecule has 0 saturated heterocycles. The Morgan fingerprint density at radius 2 is 1.77 bits per heavy atom. The van der Waals surface area contributed by atoms with Gasteiger partial charge >= 0.3 is 0 Å². The van der Waals surface area contributed by atoms with Crippen LogP contribution in [0.4, 0.5) is 5.69 Å². The lowest BCUT2D eigenvalue weighted by Crippen LogP contribution is -1.75. The number of rotatable bonds is 4. The zero-order chi connectivity index (χ0) is 15.4. The predicted octanol–water partition coefficient (Wildman–Crippen LogP) is 6.61. The number of para-hydroxylation sites is 1. The van der Waals surface area contributed by atoms with E-state index >= 15 is 0 Å². The van der Waals surface area contributed by atoms with E-state index < -0.39 is 0 Å². The van der Waals surface area contributed by atoms with Gasteiger partial charge in [0.05, 0.1) is 9.90 Å². The molecule has 0 unspecified atom stereocenters. The zero-order valence-corrected chi connectivity index (χ0v) is 14.4. The highest BCUT2D eigenvalue weighted by atomic mass is 35.5. The first-order valence-corrected chi connectivity index (χ1v) is 8.85. The fraction of sp³-hybridized carbons (Fsp3) is 0.0556. The van der Waals surface area contributed by atoms with E-state index in [-0.39, 0.29) is 0 Å². The van der Waals surface area contributed by atoms with Crippen LogP contribution in [0.2, 0.25) is 5.02 Å². The molecule has 0 fully saturated rings. The average Bonchev–Trinajstić information content (AvgIpc) is 2.96. The number of hydrogen-bond acceptors (Lipinski definition) is 3. The second-order valence-corrected chi connectivity index (χ2v) is 7.68. The first-order valence-electron chi connectivity index (χ1n) is 6.84. The second-order valence-electron chi connectivity index (χ2n) is 4.76. The van der Waals surface area contributed by atoms with E-state index in [1.807, 2.05) is 48.7 Å². The maximum atomic E-state index is 5.91. The van der Waals surface area contributed by atoms with E-state index in [0.29, 0.717) is 0 Å². The summed E-state index contributed by atoms with van der Waals surface area (Å²) in [4.78, 5) is 6.91. The number of benzene rings is 2. The largest absolute Gasteiger partial charge is 0.255 e. The number of aliphatic imine (C=N–C) groups is 1. The van der Waals surface area contributed by atoms with Gasteiger partial charge in [-0.1, -0.05) is 41.6 Å². The van der Waals surface area contributed by atoms with Crippen LogP contribution in [0.3, 0.4) is 0 Å². The Hall–Kier alpha value is -1.55. The monoisotopic (exact) mass is 343 g/mol. The minimum Gasteiger partial charge on any atom is -0.255 e. The van der Waals surface area contributed by atoms with Crippen molar-refractivity contribution in [1.82, 2.24) is 0 Å². The first kappa shape index (κ1) is 15.3. The van der Waals surface area contributed by atoms with Crippen LogP contribution >= 0.6 is 34.7 Å². The molecule has 0 bridgehead atoms. The Morgan fingerprint density at radius 1 is 1.00 bits per heavy atom. The molecule has 0 aliphatic carbocycles. The summed E-state index contributed by atoms with van der Waals surface area (Å²) in [6.45, 7) is 2.07. The van der Waals surface area contributed by atoms with Crippen LogP contribution in [0.1, 0.15) is 10.4 Å². The minimum atomic E-state index is 0.765. The van der Waals surface area contributed by atoms with Crippen molar-refractivity contribution in [3.05, 3.63) is 76.1 Å². The summed E-state index contributed by atoms with van der Waals surface area (Å²) >= 11 is 9.38. The number of halogens is 1. The third-order valence-electron chi connectivity index (χ3n) is 3.08. The van der Waals surface area contributed by atoms with Crippen molar-refractivity contribution >= 4 is 46.6 Å². The van der Waals surface area contributed by atoms with Crippen LogP contribution in [-0.2, 0) is 0 Å². The van der Waals surface area contributed by atoms with Gasteiger partial charge < -0.3 is 0 Å². The molecule has 0 spiro atoms. The predicted molar refractivity (Wildman–Crippen MR) is 98.3 cm³/mol. The van der Waals surface area contributed by atoms with Gasteiger partial charge in [0.15, 0.2) is 0 Å². The molecular weight excluding hydrogens is 330 g/mol. The lowest BCUT2D eigenvalue weighted by atomic mass is 10.2. The lowest BCUT2D eigenvalue weighted by molar-refractivity contribution is 1.41. The molecule has 22 heavy (non-hydrogen) atoms. The number of thiophene rings is 1. The van der Waals surface area contributed by atoms with E-state index in [0.717, 1.165) is 15.6 Å². The van der Waals surface area contributed by atoms with Gasteiger partial charge in [0.25, 0.3) is 0 Å². The summed E-state index contributed by atoms with van der Waals surface area (Å²) in [5.74, 6) is 0. The van der Waals surface area contributed by atoms with Gasteiger partial charge in [0.2, 0.25) is 0 Å². The normalized spacial score (nSPS) is 11.2. The van der Waals surface area contributed by atoms with Gasteiger partial charge in [-0.3, -0.25) is 4.99 Å². The molecule has 0 saturated carbocycles. The van der Waals surface area contributed by atoms with Crippen LogP contribution in [0, 0.1) is 6.92 Å². The van der Waals surface area contributed by atoms with E-state index in [9.17, 15) is 0 Å². The van der Waals surface area contributed by atoms with Gasteiger partial charge in [-0.05, 0) is 55.0 Å². The molecule has 0 aliphatic rings. The lowest BCUT2D eigenvalue weighted by Gasteiger charge is -1.98. The molecule has 1 nitrogen and oxygen atoms in total. The van der Waals surface area contributed by atoms with Crippen LogP contribution < -0.4 is 0 Å². The molecule has 0 N–H and O–H groups in total. The SMILES string of the molecule is Cc1ccccc1N=Cc1ccc(Sc2ccc(Cl)cc2)s1. The van der Waals surface area contributed by atoms with E-state index in [1.165, 1.54) is 14.7 Å². The summed E-state index contributed by atoms with van der Waals surface area (Å²) in [7, 11) is 0. The summed E-state index contributed by atoms with van der Waals surface area (Å²) in [6.07, 6.45) is 1.93. The average molecular weight is 344 g/mol. The maximum Gasteiger partial charge on any atom is 0.0659 e. The van der Waals surface area contributed by atoms with Crippen LogP contribution in [0.25, 0.3) is 0 Å². The van der Waals surface area contributed by atoms with Crippen LogP contribution in [0.5, 0.6) is 0 Å². The van der Waals surface area contributed by atoms with Gasteiger partial charge in [-0.2, -0.15) is 0 Å². The molecule has 0 radical (unpaired) electrons. The summed E-state index contributed by atoms with van der Waals surface area (Å²) in [5.41, 5.74) is 2.20. The van der Waals surface area contributed by atoms with Crippen LogP contribution in [0.15, 0.2) is 74.8 Å². The summed E-state index contributed by atoms with van der Waals surface area (Å²) < 4.78 is 1.24. The van der Waals surface area contributed by atoms with Crippen molar-refractivity contribution in [2.45, 2.75) is 16.0 Å². The maximum absolute atomic E-state index is 5.91. The quantitative estimate of drug-likeness (QED) is 0.485. The fourth-order valence-electron chi connectivity index (χ4n) is 1.92. The Bertz CT molecular complexity index is 791. The highest BCUT2D eigenvalue weighted by Gasteiger charge is 2.02. The van der Waals surface area contributed by atoms with Crippen LogP contribution in [-0.4, -0.2) is 6.21 Å².